The third-order valence-corrected chi connectivity index (χ3v) is 8.29. The molecule has 1 atom stereocenters. The van der Waals surface area contributed by atoms with Crippen LogP contribution in [0.25, 0.3) is 0 Å². The Bertz CT molecular complexity index is 1400. The predicted molar refractivity (Wildman–Crippen MR) is 153 cm³/mol. The first-order valence-electron chi connectivity index (χ1n) is 12.2. The Morgan fingerprint density at radius 1 is 0.949 bits per heavy atom. The van der Waals surface area contributed by atoms with Crippen molar-refractivity contribution >= 4 is 43.5 Å². The van der Waals surface area contributed by atoms with E-state index in [2.05, 4.69) is 21.2 Å². The zero-order valence-electron chi connectivity index (χ0n) is 22.3. The van der Waals surface area contributed by atoms with Crippen LogP contribution < -0.4 is 19.1 Å². The zero-order chi connectivity index (χ0) is 28.6. The Balaban J connectivity index is 2.04. The molecule has 0 radical (unpaired) electrons. The van der Waals surface area contributed by atoms with Gasteiger partial charge in [-0.1, -0.05) is 46.3 Å². The van der Waals surface area contributed by atoms with Gasteiger partial charge in [0.25, 0.3) is 10.0 Å². The molecule has 0 aliphatic rings. The van der Waals surface area contributed by atoms with Gasteiger partial charge in [0.05, 0.1) is 24.8 Å². The number of carbonyl (C=O) groups excluding carboxylic acids is 2. The number of hydrogen-bond acceptors (Lipinski definition) is 6. The van der Waals surface area contributed by atoms with Gasteiger partial charge in [-0.3, -0.25) is 13.9 Å². The van der Waals surface area contributed by atoms with E-state index in [4.69, 9.17) is 9.47 Å². The Labute approximate surface area is 237 Å². The summed E-state index contributed by atoms with van der Waals surface area (Å²) in [4.78, 5) is 27.9. The maximum atomic E-state index is 13.9. The largest absolute Gasteiger partial charge is 0.493 e. The second kappa shape index (κ2) is 13.5. The van der Waals surface area contributed by atoms with E-state index in [-0.39, 0.29) is 23.1 Å². The number of para-hydroxylation sites is 1. The molecule has 9 nitrogen and oxygen atoms in total. The molecular weight excluding hydrogens is 586 g/mol. The van der Waals surface area contributed by atoms with Crippen molar-refractivity contribution in [3.05, 3.63) is 82.8 Å². The lowest BCUT2D eigenvalue weighted by Crippen LogP contribution is -2.51. The molecular formula is C28H32BrN3O6S. The smallest absolute Gasteiger partial charge is 0.264 e. The summed E-state index contributed by atoms with van der Waals surface area (Å²) in [5.41, 5.74) is 1.08. The van der Waals surface area contributed by atoms with Crippen molar-refractivity contribution in [1.82, 2.24) is 10.2 Å². The van der Waals surface area contributed by atoms with Gasteiger partial charge in [-0.05, 0) is 55.8 Å². The van der Waals surface area contributed by atoms with Gasteiger partial charge >= 0.3 is 0 Å². The molecule has 208 valence electrons. The van der Waals surface area contributed by atoms with Crippen LogP contribution in [-0.2, 0) is 26.2 Å². The summed E-state index contributed by atoms with van der Waals surface area (Å²) < 4.78 is 40.3. The summed E-state index contributed by atoms with van der Waals surface area (Å²) in [7, 11) is -1.37. The summed E-state index contributed by atoms with van der Waals surface area (Å²) in [5.74, 6) is -0.273. The number of benzene rings is 3. The number of methoxy groups -OCH3 is 2. The standard InChI is InChI=1S/C28H32BrN3O6S/c1-5-30-28(34)20(2)31(18-21-10-9-11-22(29)16-21)27(33)19-32(23-12-7-6-8-13-23)39(35,36)24-14-15-25(37-3)26(17-24)38-4/h6-17,20H,5,18-19H2,1-4H3,(H,30,34)/t20-/m1/s1. The van der Waals surface area contributed by atoms with Crippen LogP contribution in [0.15, 0.2) is 82.2 Å². The summed E-state index contributed by atoms with van der Waals surface area (Å²) in [6.45, 7) is 3.38. The average molecular weight is 619 g/mol. The van der Waals surface area contributed by atoms with Crippen LogP contribution in [0.2, 0.25) is 0 Å². The second-order valence-corrected chi connectivity index (χ2v) is 11.4. The molecule has 3 rings (SSSR count). The quantitative estimate of drug-likeness (QED) is 0.326. The summed E-state index contributed by atoms with van der Waals surface area (Å²) in [5, 5.41) is 2.74. The number of hydrogen-bond donors (Lipinski definition) is 1. The van der Waals surface area contributed by atoms with Gasteiger partial charge in [0, 0.05) is 23.6 Å². The normalized spacial score (nSPS) is 11.8. The van der Waals surface area contributed by atoms with Crippen LogP contribution >= 0.6 is 15.9 Å². The average Bonchev–Trinajstić information content (AvgIpc) is 2.94. The van der Waals surface area contributed by atoms with Crippen LogP contribution in [0.5, 0.6) is 11.5 Å². The minimum Gasteiger partial charge on any atom is -0.493 e. The molecule has 0 heterocycles. The first-order valence-corrected chi connectivity index (χ1v) is 14.5. The van der Waals surface area contributed by atoms with Gasteiger partial charge in [0.2, 0.25) is 11.8 Å². The lowest BCUT2D eigenvalue weighted by molar-refractivity contribution is -0.139. The minimum absolute atomic E-state index is 0.0767. The van der Waals surface area contributed by atoms with E-state index in [0.717, 1.165) is 14.3 Å². The van der Waals surface area contributed by atoms with Gasteiger partial charge in [-0.2, -0.15) is 0 Å². The van der Waals surface area contributed by atoms with Gasteiger partial charge in [0.15, 0.2) is 11.5 Å². The van der Waals surface area contributed by atoms with Crippen LogP contribution in [0.3, 0.4) is 0 Å². The number of nitrogens with zero attached hydrogens (tertiary/aromatic N) is 2. The molecule has 3 aromatic carbocycles. The number of nitrogens with one attached hydrogen (secondary N) is 1. The van der Waals surface area contributed by atoms with Crippen LogP contribution in [0.1, 0.15) is 19.4 Å². The molecule has 0 aromatic heterocycles. The van der Waals surface area contributed by atoms with Gasteiger partial charge in [-0.25, -0.2) is 8.42 Å². The fourth-order valence-electron chi connectivity index (χ4n) is 3.96. The van der Waals surface area contributed by atoms with Crippen molar-refractivity contribution in [2.24, 2.45) is 0 Å². The molecule has 3 aromatic rings. The molecule has 0 aliphatic heterocycles. The first kappa shape index (κ1) is 30.0. The summed E-state index contributed by atoms with van der Waals surface area (Å²) in [6, 6.07) is 19.1. The van der Waals surface area contributed by atoms with Crippen LogP contribution in [0.4, 0.5) is 5.69 Å². The Hall–Kier alpha value is -3.57. The second-order valence-electron chi connectivity index (χ2n) is 8.59. The van der Waals surface area contributed by atoms with Crippen molar-refractivity contribution < 1.29 is 27.5 Å². The van der Waals surface area contributed by atoms with E-state index in [1.54, 1.807) is 44.2 Å². The van der Waals surface area contributed by atoms with Crippen molar-refractivity contribution in [3.63, 3.8) is 0 Å². The molecule has 0 unspecified atom stereocenters. The van der Waals surface area contributed by atoms with E-state index >= 15 is 0 Å². The van der Waals surface area contributed by atoms with Crippen LogP contribution in [0, 0.1) is 0 Å². The number of rotatable bonds is 12. The third-order valence-electron chi connectivity index (χ3n) is 6.03. The number of carbonyl (C=O) groups is 2. The molecule has 0 saturated heterocycles. The number of ether oxygens (including phenoxy) is 2. The SMILES string of the molecule is CCNC(=O)[C@@H](C)N(Cc1cccc(Br)c1)C(=O)CN(c1ccccc1)S(=O)(=O)c1ccc(OC)c(OC)c1. The number of sulfonamides is 1. The van der Waals surface area contributed by atoms with Crippen molar-refractivity contribution in [2.75, 3.05) is 31.6 Å². The fraction of sp³-hybridized carbons (Fsp3) is 0.286. The van der Waals surface area contributed by atoms with E-state index in [1.165, 1.54) is 37.3 Å². The number of amides is 2. The van der Waals surface area contributed by atoms with Crippen molar-refractivity contribution in [3.8, 4) is 11.5 Å². The monoisotopic (exact) mass is 617 g/mol. The number of anilines is 1. The highest BCUT2D eigenvalue weighted by Gasteiger charge is 2.33. The molecule has 11 heteroatoms. The predicted octanol–water partition coefficient (Wildman–Crippen LogP) is 4.22. The zero-order valence-corrected chi connectivity index (χ0v) is 24.7. The maximum absolute atomic E-state index is 13.9. The highest BCUT2D eigenvalue weighted by Crippen LogP contribution is 2.32. The maximum Gasteiger partial charge on any atom is 0.264 e. The highest BCUT2D eigenvalue weighted by atomic mass is 79.9. The molecule has 39 heavy (non-hydrogen) atoms. The van der Waals surface area contributed by atoms with E-state index in [1.807, 2.05) is 24.3 Å². The first-order chi connectivity index (χ1) is 18.6. The lowest BCUT2D eigenvalue weighted by Gasteiger charge is -2.32. The van der Waals surface area contributed by atoms with Gasteiger partial charge < -0.3 is 19.7 Å². The van der Waals surface area contributed by atoms with E-state index in [9.17, 15) is 18.0 Å². The number of halogens is 1. The lowest BCUT2D eigenvalue weighted by atomic mass is 10.1. The molecule has 0 spiro atoms. The summed E-state index contributed by atoms with van der Waals surface area (Å²) >= 11 is 3.44. The van der Waals surface area contributed by atoms with Crippen LogP contribution in [-0.4, -0.2) is 58.5 Å². The molecule has 0 aliphatic carbocycles. The molecule has 2 amide bonds. The van der Waals surface area contributed by atoms with E-state index in [0.29, 0.717) is 18.0 Å². The molecule has 0 fully saturated rings. The molecule has 1 N–H and O–H groups in total. The molecule has 0 saturated carbocycles. The highest BCUT2D eigenvalue weighted by molar-refractivity contribution is 9.10. The van der Waals surface area contributed by atoms with Crippen molar-refractivity contribution in [1.29, 1.82) is 0 Å². The Morgan fingerprint density at radius 2 is 1.64 bits per heavy atom. The fourth-order valence-corrected chi connectivity index (χ4v) is 5.84. The number of likely N-dealkylation sites (N-methyl/N-ethyl adjacent to an activating group) is 1. The Kier molecular flexibility index (Phi) is 10.4. The van der Waals surface area contributed by atoms with E-state index < -0.39 is 28.5 Å². The van der Waals surface area contributed by atoms with Gasteiger partial charge in [-0.15, -0.1) is 0 Å². The minimum atomic E-state index is -4.23. The Morgan fingerprint density at radius 3 is 2.26 bits per heavy atom. The molecule has 0 bridgehead atoms. The van der Waals surface area contributed by atoms with Crippen molar-refractivity contribution in [2.45, 2.75) is 31.3 Å². The van der Waals surface area contributed by atoms with Gasteiger partial charge in [0.1, 0.15) is 12.6 Å². The summed E-state index contributed by atoms with van der Waals surface area (Å²) in [6.07, 6.45) is 0. The third kappa shape index (κ3) is 7.30. The topological polar surface area (TPSA) is 105 Å².